The summed E-state index contributed by atoms with van der Waals surface area (Å²) in [6.45, 7) is 3.45. The Morgan fingerprint density at radius 2 is 2.18 bits per heavy atom. The summed E-state index contributed by atoms with van der Waals surface area (Å²) in [5.74, 6) is -0.670. The van der Waals surface area contributed by atoms with Crippen LogP contribution in [0.2, 0.25) is 0 Å². The van der Waals surface area contributed by atoms with E-state index in [-0.39, 0.29) is 10.5 Å². The van der Waals surface area contributed by atoms with Gasteiger partial charge < -0.3 is 10.1 Å². The summed E-state index contributed by atoms with van der Waals surface area (Å²) in [5.41, 5.74) is 0.449. The molecule has 0 atom stereocenters. The van der Waals surface area contributed by atoms with Crippen molar-refractivity contribution in [3.63, 3.8) is 0 Å². The van der Waals surface area contributed by atoms with Crippen molar-refractivity contribution in [1.82, 2.24) is 0 Å². The Labute approximate surface area is 103 Å². The predicted molar refractivity (Wildman–Crippen MR) is 64.6 cm³/mol. The minimum atomic E-state index is -3.89. The zero-order valence-corrected chi connectivity index (χ0v) is 10.5. The molecule has 1 aromatic carbocycles. The number of carbonyl (C=O) groups is 1. The Balaban J connectivity index is 3.38. The Morgan fingerprint density at radius 1 is 1.53 bits per heavy atom. The van der Waals surface area contributed by atoms with Crippen LogP contribution in [0.25, 0.3) is 0 Å². The number of benzene rings is 1. The van der Waals surface area contributed by atoms with Crippen molar-refractivity contribution in [2.24, 2.45) is 0 Å². The van der Waals surface area contributed by atoms with Crippen LogP contribution in [0, 0.1) is 0 Å². The number of ether oxygens (including phenoxy) is 1. The zero-order valence-electron chi connectivity index (χ0n) is 8.94. The Bertz CT molecular complexity index is 553. The van der Waals surface area contributed by atoms with Crippen LogP contribution in [0.15, 0.2) is 35.9 Å². The SMILES string of the molecule is C=CNc1ccc(S(=O)(=O)Cl)cc1C(=O)OC. The molecule has 0 unspecified atom stereocenters. The summed E-state index contributed by atoms with van der Waals surface area (Å²) < 4.78 is 26.8. The fraction of sp³-hybridized carbons (Fsp3) is 0.100. The van der Waals surface area contributed by atoms with E-state index in [0.29, 0.717) is 5.69 Å². The zero-order chi connectivity index (χ0) is 13.1. The first-order valence-corrected chi connectivity index (χ1v) is 6.75. The molecule has 0 aliphatic heterocycles. The van der Waals surface area contributed by atoms with Crippen LogP contribution in [0.4, 0.5) is 5.69 Å². The molecule has 5 nitrogen and oxygen atoms in total. The number of methoxy groups -OCH3 is 1. The summed E-state index contributed by atoms with van der Waals surface area (Å²) in [4.78, 5) is 11.3. The molecule has 92 valence electrons. The number of nitrogens with one attached hydrogen (secondary N) is 1. The molecular weight excluding hydrogens is 266 g/mol. The lowest BCUT2D eigenvalue weighted by Crippen LogP contribution is -2.06. The third-order valence-electron chi connectivity index (χ3n) is 1.94. The van der Waals surface area contributed by atoms with E-state index >= 15 is 0 Å². The molecule has 7 heteroatoms. The number of esters is 1. The van der Waals surface area contributed by atoms with Crippen LogP contribution < -0.4 is 5.32 Å². The molecule has 0 amide bonds. The first-order valence-electron chi connectivity index (χ1n) is 4.44. The highest BCUT2D eigenvalue weighted by Crippen LogP contribution is 2.23. The van der Waals surface area contributed by atoms with Gasteiger partial charge in [-0.3, -0.25) is 0 Å². The summed E-state index contributed by atoms with van der Waals surface area (Å²) in [6.07, 6.45) is 1.36. The van der Waals surface area contributed by atoms with Crippen molar-refractivity contribution in [3.05, 3.63) is 36.5 Å². The average molecular weight is 276 g/mol. The number of anilines is 1. The van der Waals surface area contributed by atoms with Crippen molar-refractivity contribution < 1.29 is 17.9 Å². The highest BCUT2D eigenvalue weighted by Gasteiger charge is 2.17. The van der Waals surface area contributed by atoms with E-state index in [1.54, 1.807) is 0 Å². The number of rotatable bonds is 4. The largest absolute Gasteiger partial charge is 0.465 e. The molecule has 1 N–H and O–H groups in total. The van der Waals surface area contributed by atoms with E-state index in [1.807, 2.05) is 0 Å². The van der Waals surface area contributed by atoms with Crippen LogP contribution in [-0.4, -0.2) is 21.5 Å². The van der Waals surface area contributed by atoms with E-state index < -0.39 is 15.0 Å². The molecule has 0 fully saturated rings. The molecule has 17 heavy (non-hydrogen) atoms. The lowest BCUT2D eigenvalue weighted by Gasteiger charge is -2.08. The van der Waals surface area contributed by atoms with Gasteiger partial charge in [0.2, 0.25) is 0 Å². The molecule has 0 bridgehead atoms. The number of hydrogen-bond acceptors (Lipinski definition) is 5. The first-order chi connectivity index (χ1) is 7.90. The average Bonchev–Trinajstić information content (AvgIpc) is 2.27. The van der Waals surface area contributed by atoms with Gasteiger partial charge in [0.15, 0.2) is 0 Å². The topological polar surface area (TPSA) is 72.5 Å². The van der Waals surface area contributed by atoms with E-state index in [2.05, 4.69) is 16.6 Å². The van der Waals surface area contributed by atoms with Gasteiger partial charge in [-0.1, -0.05) is 6.58 Å². The molecule has 1 aromatic rings. The van der Waals surface area contributed by atoms with E-state index in [1.165, 1.54) is 25.4 Å². The van der Waals surface area contributed by atoms with Crippen LogP contribution in [0.3, 0.4) is 0 Å². The van der Waals surface area contributed by atoms with Crippen molar-refractivity contribution >= 4 is 31.4 Å². The minimum absolute atomic E-state index is 0.0640. The maximum absolute atomic E-state index is 11.5. The van der Waals surface area contributed by atoms with Crippen LogP contribution >= 0.6 is 10.7 Å². The van der Waals surface area contributed by atoms with Gasteiger partial charge in [-0.05, 0) is 24.4 Å². The molecule has 0 aliphatic rings. The molecular formula is C10H10ClNO4S. The fourth-order valence-electron chi connectivity index (χ4n) is 1.19. The summed E-state index contributed by atoms with van der Waals surface area (Å²) in [6, 6.07) is 3.82. The molecule has 0 heterocycles. The van der Waals surface area contributed by atoms with E-state index in [9.17, 15) is 13.2 Å². The Morgan fingerprint density at radius 3 is 2.65 bits per heavy atom. The highest BCUT2D eigenvalue weighted by molar-refractivity contribution is 8.13. The smallest absolute Gasteiger partial charge is 0.340 e. The summed E-state index contributed by atoms with van der Waals surface area (Å²) in [7, 11) is 2.50. The third kappa shape index (κ3) is 3.21. The maximum Gasteiger partial charge on any atom is 0.340 e. The lowest BCUT2D eigenvalue weighted by atomic mass is 10.2. The van der Waals surface area contributed by atoms with E-state index in [4.69, 9.17) is 10.7 Å². The van der Waals surface area contributed by atoms with Gasteiger partial charge in [0.1, 0.15) is 0 Å². The first kappa shape index (κ1) is 13.5. The summed E-state index contributed by atoms with van der Waals surface area (Å²) in [5, 5.41) is 2.70. The van der Waals surface area contributed by atoms with Crippen molar-refractivity contribution in [2.45, 2.75) is 4.90 Å². The van der Waals surface area contributed by atoms with Gasteiger partial charge in [0, 0.05) is 10.7 Å². The lowest BCUT2D eigenvalue weighted by molar-refractivity contribution is 0.0601. The van der Waals surface area contributed by atoms with Gasteiger partial charge in [-0.15, -0.1) is 0 Å². The van der Waals surface area contributed by atoms with Gasteiger partial charge in [0.05, 0.1) is 23.3 Å². The number of carbonyl (C=O) groups excluding carboxylic acids is 1. The van der Waals surface area contributed by atoms with Gasteiger partial charge >= 0.3 is 5.97 Å². The predicted octanol–water partition coefficient (Wildman–Crippen LogP) is 1.96. The third-order valence-corrected chi connectivity index (χ3v) is 3.29. The second kappa shape index (κ2) is 5.20. The Hall–Kier alpha value is -1.53. The van der Waals surface area contributed by atoms with Gasteiger partial charge in [-0.25, -0.2) is 13.2 Å². The van der Waals surface area contributed by atoms with Gasteiger partial charge in [0.25, 0.3) is 9.05 Å². The molecule has 0 aromatic heterocycles. The van der Waals surface area contributed by atoms with E-state index in [0.717, 1.165) is 6.07 Å². The molecule has 0 radical (unpaired) electrons. The molecule has 0 saturated heterocycles. The quantitative estimate of drug-likeness (QED) is 0.672. The van der Waals surface area contributed by atoms with Crippen LogP contribution in [-0.2, 0) is 13.8 Å². The molecule has 0 spiro atoms. The van der Waals surface area contributed by atoms with Crippen molar-refractivity contribution in [2.75, 3.05) is 12.4 Å². The maximum atomic E-state index is 11.5. The normalized spacial score (nSPS) is 10.7. The molecule has 0 saturated carbocycles. The monoisotopic (exact) mass is 275 g/mol. The second-order valence-corrected chi connectivity index (χ2v) is 5.55. The fourth-order valence-corrected chi connectivity index (χ4v) is 1.97. The molecule has 0 aliphatic carbocycles. The van der Waals surface area contributed by atoms with Crippen molar-refractivity contribution in [1.29, 1.82) is 0 Å². The van der Waals surface area contributed by atoms with Gasteiger partial charge in [-0.2, -0.15) is 0 Å². The Kier molecular flexibility index (Phi) is 4.14. The standard InChI is InChI=1S/C10H10ClNO4S/c1-3-12-9-5-4-7(17(11,14)15)6-8(9)10(13)16-2/h3-6,12H,1H2,2H3. The number of hydrogen-bond donors (Lipinski definition) is 1. The molecule has 1 rings (SSSR count). The van der Waals surface area contributed by atoms with Crippen LogP contribution in [0.5, 0.6) is 0 Å². The second-order valence-electron chi connectivity index (χ2n) is 2.99. The summed E-state index contributed by atoms with van der Waals surface area (Å²) >= 11 is 0. The minimum Gasteiger partial charge on any atom is -0.465 e. The van der Waals surface area contributed by atoms with Crippen LogP contribution in [0.1, 0.15) is 10.4 Å². The number of halogens is 1. The van der Waals surface area contributed by atoms with Crippen molar-refractivity contribution in [3.8, 4) is 0 Å². The highest BCUT2D eigenvalue weighted by atomic mass is 35.7.